The molecule has 7 heavy (non-hydrogen) atoms. The minimum atomic E-state index is -0.292. The van der Waals surface area contributed by atoms with Gasteiger partial charge in [0.25, 0.3) is 0 Å². The number of rotatable bonds is 0. The molecule has 1 atom stereocenters. The van der Waals surface area contributed by atoms with E-state index in [4.69, 9.17) is 5.11 Å². The molecule has 2 N–H and O–H groups in total. The Morgan fingerprint density at radius 2 is 2.57 bits per heavy atom. The van der Waals surface area contributed by atoms with Crippen LogP contribution in [0.1, 0.15) is 0 Å². The first kappa shape index (κ1) is 4.81. The van der Waals surface area contributed by atoms with Crippen molar-refractivity contribution in [2.24, 2.45) is 0 Å². The lowest BCUT2D eigenvalue weighted by molar-refractivity contribution is 0.230. The van der Waals surface area contributed by atoms with Crippen molar-refractivity contribution in [3.8, 4) is 0 Å². The molecule has 1 aliphatic rings. The zero-order valence-electron chi connectivity index (χ0n) is 4.15. The van der Waals surface area contributed by atoms with Gasteiger partial charge in [-0.05, 0) is 5.57 Å². The third-order valence-corrected chi connectivity index (χ3v) is 1.16. The second-order valence-corrected chi connectivity index (χ2v) is 1.80. The summed E-state index contributed by atoms with van der Waals surface area (Å²) >= 11 is 0. The summed E-state index contributed by atoms with van der Waals surface area (Å²) in [5.41, 5.74) is 0.903. The Morgan fingerprint density at radius 1 is 1.86 bits per heavy atom. The van der Waals surface area contributed by atoms with Crippen LogP contribution in [0.25, 0.3) is 0 Å². The Labute approximate surface area is 42.8 Å². The second-order valence-electron chi connectivity index (χ2n) is 1.80. The molecule has 0 aromatic heterocycles. The van der Waals surface area contributed by atoms with E-state index in [1.807, 2.05) is 0 Å². The zero-order chi connectivity index (χ0) is 5.28. The Bertz CT molecular complexity index is 90.1. The van der Waals surface area contributed by atoms with Crippen molar-refractivity contribution in [1.29, 1.82) is 0 Å². The minimum absolute atomic E-state index is 0.292. The van der Waals surface area contributed by atoms with E-state index in [-0.39, 0.29) is 6.10 Å². The molecule has 0 aromatic carbocycles. The summed E-state index contributed by atoms with van der Waals surface area (Å²) in [5.74, 6) is 0. The van der Waals surface area contributed by atoms with Gasteiger partial charge in [-0.1, -0.05) is 6.58 Å². The predicted octanol–water partition coefficient (Wildman–Crippen LogP) is -0.493. The van der Waals surface area contributed by atoms with Gasteiger partial charge >= 0.3 is 0 Å². The fraction of sp³-hybridized carbons (Fsp3) is 0.600. The molecule has 2 heteroatoms. The lowest BCUT2D eigenvalue weighted by Crippen LogP contribution is -2.11. The summed E-state index contributed by atoms with van der Waals surface area (Å²) in [7, 11) is 0. The standard InChI is InChI=1S/C5H9NO/c1-4-2-6-3-5(4)7/h5-7H,1-3H2/t5-/m1/s1. The Balaban J connectivity index is 2.48. The van der Waals surface area contributed by atoms with Crippen LogP contribution in [0.4, 0.5) is 0 Å². The average Bonchev–Trinajstić information content (AvgIpc) is 1.91. The van der Waals surface area contributed by atoms with E-state index >= 15 is 0 Å². The van der Waals surface area contributed by atoms with Crippen LogP contribution in [0, 0.1) is 0 Å². The molecule has 1 saturated heterocycles. The van der Waals surface area contributed by atoms with Crippen LogP contribution < -0.4 is 5.32 Å². The van der Waals surface area contributed by atoms with Gasteiger partial charge in [0.05, 0.1) is 6.10 Å². The van der Waals surface area contributed by atoms with Gasteiger partial charge in [-0.3, -0.25) is 0 Å². The molecular weight excluding hydrogens is 90.1 g/mol. The molecule has 1 aliphatic heterocycles. The Hall–Kier alpha value is -0.340. The first-order valence-corrected chi connectivity index (χ1v) is 2.37. The number of β-amino-alcohol motifs (C(OH)–C–C–N with tert-alkyl or cyclic N) is 1. The number of nitrogens with one attached hydrogen (secondary N) is 1. The quantitative estimate of drug-likeness (QED) is 0.401. The first-order chi connectivity index (χ1) is 3.30. The van der Waals surface area contributed by atoms with Crippen molar-refractivity contribution in [3.63, 3.8) is 0 Å². The molecule has 0 radical (unpaired) electrons. The van der Waals surface area contributed by atoms with Crippen LogP contribution in [0.2, 0.25) is 0 Å². The normalized spacial score (nSPS) is 31.6. The van der Waals surface area contributed by atoms with E-state index in [1.165, 1.54) is 0 Å². The van der Waals surface area contributed by atoms with Crippen molar-refractivity contribution in [1.82, 2.24) is 5.32 Å². The Morgan fingerprint density at radius 3 is 2.71 bits per heavy atom. The van der Waals surface area contributed by atoms with E-state index in [0.717, 1.165) is 12.1 Å². The van der Waals surface area contributed by atoms with Crippen LogP contribution in [0.15, 0.2) is 12.2 Å². The fourth-order valence-electron chi connectivity index (χ4n) is 0.632. The lowest BCUT2D eigenvalue weighted by Gasteiger charge is -1.95. The lowest BCUT2D eigenvalue weighted by atomic mass is 10.2. The maximum absolute atomic E-state index is 8.84. The van der Waals surface area contributed by atoms with Crippen molar-refractivity contribution in [2.75, 3.05) is 13.1 Å². The number of hydrogen-bond acceptors (Lipinski definition) is 2. The molecular formula is C5H9NO. The summed E-state index contributed by atoms with van der Waals surface area (Å²) in [6, 6.07) is 0. The van der Waals surface area contributed by atoms with Gasteiger partial charge in [-0.2, -0.15) is 0 Å². The molecule has 2 nitrogen and oxygen atoms in total. The molecule has 0 amide bonds. The van der Waals surface area contributed by atoms with Gasteiger partial charge in [0.15, 0.2) is 0 Å². The molecule has 40 valence electrons. The molecule has 1 rings (SSSR count). The highest BCUT2D eigenvalue weighted by Gasteiger charge is 2.13. The van der Waals surface area contributed by atoms with Gasteiger partial charge < -0.3 is 10.4 Å². The highest BCUT2D eigenvalue weighted by molar-refractivity contribution is 5.09. The highest BCUT2D eigenvalue weighted by atomic mass is 16.3. The van der Waals surface area contributed by atoms with Crippen LogP contribution in [-0.2, 0) is 0 Å². The van der Waals surface area contributed by atoms with Gasteiger partial charge in [0, 0.05) is 13.1 Å². The van der Waals surface area contributed by atoms with Crippen LogP contribution in [-0.4, -0.2) is 24.3 Å². The maximum atomic E-state index is 8.84. The van der Waals surface area contributed by atoms with Crippen molar-refractivity contribution in [2.45, 2.75) is 6.10 Å². The smallest absolute Gasteiger partial charge is 0.0884 e. The summed E-state index contributed by atoms with van der Waals surface area (Å²) in [5, 5.41) is 11.8. The monoisotopic (exact) mass is 99.1 g/mol. The summed E-state index contributed by atoms with van der Waals surface area (Å²) in [4.78, 5) is 0. The summed E-state index contributed by atoms with van der Waals surface area (Å²) in [6.45, 7) is 5.08. The summed E-state index contributed by atoms with van der Waals surface area (Å²) < 4.78 is 0. The summed E-state index contributed by atoms with van der Waals surface area (Å²) in [6.07, 6.45) is -0.292. The minimum Gasteiger partial charge on any atom is -0.387 e. The Kier molecular flexibility index (Phi) is 1.13. The van der Waals surface area contributed by atoms with Crippen LogP contribution in [0.5, 0.6) is 0 Å². The van der Waals surface area contributed by atoms with Crippen molar-refractivity contribution >= 4 is 0 Å². The predicted molar refractivity (Wildman–Crippen MR) is 28.0 cm³/mol. The van der Waals surface area contributed by atoms with Gasteiger partial charge in [0.2, 0.25) is 0 Å². The van der Waals surface area contributed by atoms with Crippen molar-refractivity contribution in [3.05, 3.63) is 12.2 Å². The zero-order valence-corrected chi connectivity index (χ0v) is 4.15. The molecule has 1 fully saturated rings. The SMILES string of the molecule is C=C1CNC[C@H]1O. The van der Waals surface area contributed by atoms with E-state index in [0.29, 0.717) is 6.54 Å². The van der Waals surface area contributed by atoms with E-state index < -0.39 is 0 Å². The molecule has 1 heterocycles. The van der Waals surface area contributed by atoms with Gasteiger partial charge in [-0.15, -0.1) is 0 Å². The molecule has 0 unspecified atom stereocenters. The molecule has 0 aromatic rings. The number of aliphatic hydroxyl groups excluding tert-OH is 1. The van der Waals surface area contributed by atoms with Crippen molar-refractivity contribution < 1.29 is 5.11 Å². The van der Waals surface area contributed by atoms with E-state index in [2.05, 4.69) is 11.9 Å². The first-order valence-electron chi connectivity index (χ1n) is 2.37. The molecule has 0 aliphatic carbocycles. The van der Waals surface area contributed by atoms with E-state index in [9.17, 15) is 0 Å². The fourth-order valence-corrected chi connectivity index (χ4v) is 0.632. The van der Waals surface area contributed by atoms with Gasteiger partial charge in [0.1, 0.15) is 0 Å². The van der Waals surface area contributed by atoms with Crippen LogP contribution >= 0.6 is 0 Å². The largest absolute Gasteiger partial charge is 0.387 e. The average molecular weight is 99.1 g/mol. The number of hydrogen-bond donors (Lipinski definition) is 2. The van der Waals surface area contributed by atoms with Gasteiger partial charge in [-0.25, -0.2) is 0 Å². The maximum Gasteiger partial charge on any atom is 0.0884 e. The second kappa shape index (κ2) is 1.64. The number of aliphatic hydroxyl groups is 1. The van der Waals surface area contributed by atoms with E-state index in [1.54, 1.807) is 0 Å². The third-order valence-electron chi connectivity index (χ3n) is 1.16. The molecule has 0 bridgehead atoms. The molecule has 0 saturated carbocycles. The topological polar surface area (TPSA) is 32.3 Å². The molecule has 0 spiro atoms. The highest BCUT2D eigenvalue weighted by Crippen LogP contribution is 2.01. The van der Waals surface area contributed by atoms with Crippen LogP contribution in [0.3, 0.4) is 0 Å². The third kappa shape index (κ3) is 0.813.